The van der Waals surface area contributed by atoms with Crippen molar-refractivity contribution in [2.24, 2.45) is 41.4 Å². The lowest BCUT2D eigenvalue weighted by atomic mass is 9.91. The average Bonchev–Trinajstić information content (AvgIpc) is 1.40. The first-order valence-corrected chi connectivity index (χ1v) is 30.8. The van der Waals surface area contributed by atoms with Gasteiger partial charge in [-0.3, -0.25) is 57.5 Å². The largest absolute Gasteiger partial charge is 0.459 e. The molecular formula is C62H109N11O14. The zero-order valence-corrected chi connectivity index (χ0v) is 56.8. The first-order chi connectivity index (χ1) is 40.1. The molecule has 1 rings (SSSR count). The molecule has 496 valence electrons. The van der Waals surface area contributed by atoms with Crippen LogP contribution in [0.25, 0.3) is 0 Å². The van der Waals surface area contributed by atoms with Gasteiger partial charge in [0.2, 0.25) is 65.0 Å². The fraction of sp³-hybridized carbons (Fsp3) is 0.790. The molecule has 0 unspecified atom stereocenters. The fourth-order valence-corrected chi connectivity index (χ4v) is 10.8. The third-order valence-corrected chi connectivity index (χ3v) is 16.1. The molecule has 0 bridgehead atoms. The van der Waals surface area contributed by atoms with E-state index in [-0.39, 0.29) is 62.2 Å². The van der Waals surface area contributed by atoms with Gasteiger partial charge in [-0.25, -0.2) is 0 Å². The number of carbonyl (C=O) groups is 13. The van der Waals surface area contributed by atoms with Gasteiger partial charge in [0.1, 0.15) is 72.8 Å². The van der Waals surface area contributed by atoms with Crippen molar-refractivity contribution in [2.75, 3.05) is 55.9 Å². The van der Waals surface area contributed by atoms with Crippen LogP contribution in [0.2, 0.25) is 0 Å². The molecule has 0 aliphatic carbocycles. The van der Waals surface area contributed by atoms with E-state index < -0.39 is 162 Å². The lowest BCUT2D eigenvalue weighted by Crippen LogP contribution is -2.64. The second kappa shape index (κ2) is 35.3. The van der Waals surface area contributed by atoms with Crippen molar-refractivity contribution in [1.29, 1.82) is 0 Å². The Bertz CT molecular complexity index is 2420. The van der Waals surface area contributed by atoms with Crippen molar-refractivity contribution in [2.45, 2.75) is 223 Å². The van der Waals surface area contributed by atoms with E-state index in [1.54, 1.807) is 41.5 Å². The number of nitrogens with zero attached hydrogens (tertiary/aromatic N) is 7. The predicted octanol–water partition coefficient (Wildman–Crippen LogP) is 2.46. The second-order valence-electron chi connectivity index (χ2n) is 26.3. The van der Waals surface area contributed by atoms with Gasteiger partial charge in [0.05, 0.1) is 6.54 Å². The van der Waals surface area contributed by atoms with Crippen molar-refractivity contribution < 1.29 is 67.1 Å². The molecule has 4 N–H and O–H groups in total. The summed E-state index contributed by atoms with van der Waals surface area (Å²) in [5, 5.41) is 10.9. The molecule has 25 heteroatoms. The minimum absolute atomic E-state index is 0.0487. The maximum atomic E-state index is 15.3. The zero-order valence-electron chi connectivity index (χ0n) is 56.8. The van der Waals surface area contributed by atoms with Crippen LogP contribution in [0.5, 0.6) is 0 Å². The number of carbonyl (C=O) groups excluding carboxylic acids is 13. The molecule has 1 fully saturated rings. The van der Waals surface area contributed by atoms with Crippen molar-refractivity contribution in [1.82, 2.24) is 55.6 Å². The highest BCUT2D eigenvalue weighted by molar-refractivity contribution is 5.99. The minimum atomic E-state index is -1.73. The number of rotatable bonds is 16. The van der Waals surface area contributed by atoms with Crippen LogP contribution in [0.15, 0.2) is 0 Å². The molecule has 0 saturated carbocycles. The quantitative estimate of drug-likeness (QED) is 0.128. The van der Waals surface area contributed by atoms with Gasteiger partial charge in [-0.15, -0.1) is 0 Å². The predicted molar refractivity (Wildman–Crippen MR) is 329 cm³/mol. The summed E-state index contributed by atoms with van der Waals surface area (Å²) in [6, 6.07) is -12.8. The fourth-order valence-electron chi connectivity index (χ4n) is 10.8. The van der Waals surface area contributed by atoms with Crippen LogP contribution in [-0.2, 0) is 67.1 Å². The Morgan fingerprint density at radius 3 is 1.33 bits per heavy atom. The molecule has 0 aromatic carbocycles. The highest BCUT2D eigenvalue weighted by atomic mass is 16.5. The topological polar surface area (TPSA) is 302 Å². The number of nitrogens with one attached hydrogen (secondary N) is 4. The lowest BCUT2D eigenvalue weighted by Gasteiger charge is -2.42. The molecule has 1 heterocycles. The first-order valence-electron chi connectivity index (χ1n) is 30.8. The van der Waals surface area contributed by atoms with E-state index in [9.17, 15) is 47.9 Å². The third kappa shape index (κ3) is 22.1. The van der Waals surface area contributed by atoms with E-state index in [0.29, 0.717) is 6.29 Å². The van der Waals surface area contributed by atoms with Gasteiger partial charge < -0.3 is 65.1 Å². The number of ether oxygens (including phenoxy) is 1. The Kier molecular flexibility index (Phi) is 31.8. The van der Waals surface area contributed by atoms with E-state index in [0.717, 1.165) is 16.7 Å². The van der Waals surface area contributed by atoms with Gasteiger partial charge in [0, 0.05) is 68.6 Å². The van der Waals surface area contributed by atoms with Gasteiger partial charge in [0.25, 0.3) is 0 Å². The number of aldehydes is 1. The summed E-state index contributed by atoms with van der Waals surface area (Å²) in [5.74, 6) is -11.6. The van der Waals surface area contributed by atoms with E-state index in [2.05, 4.69) is 21.3 Å². The molecule has 25 nitrogen and oxygen atoms in total. The molecule has 1 saturated heterocycles. The minimum Gasteiger partial charge on any atom is -0.459 e. The highest BCUT2D eigenvalue weighted by Crippen LogP contribution is 2.26. The van der Waals surface area contributed by atoms with Crippen LogP contribution >= 0.6 is 0 Å². The molecular weight excluding hydrogens is 1120 g/mol. The Morgan fingerprint density at radius 1 is 0.483 bits per heavy atom. The summed E-state index contributed by atoms with van der Waals surface area (Å²) in [5.41, 5.74) is 0. The van der Waals surface area contributed by atoms with Crippen molar-refractivity contribution >= 4 is 77.2 Å². The number of hydrogen-bond donors (Lipinski definition) is 4. The molecule has 0 aromatic heterocycles. The van der Waals surface area contributed by atoms with Crippen LogP contribution < -0.4 is 21.3 Å². The normalized spacial score (nSPS) is 26.3. The van der Waals surface area contributed by atoms with E-state index in [4.69, 9.17) is 4.74 Å². The second-order valence-corrected chi connectivity index (χ2v) is 26.3. The van der Waals surface area contributed by atoms with Gasteiger partial charge in [0.15, 0.2) is 0 Å². The van der Waals surface area contributed by atoms with Crippen molar-refractivity contribution in [3.8, 4) is 0 Å². The molecule has 1 aliphatic heterocycles. The van der Waals surface area contributed by atoms with Crippen LogP contribution in [0.3, 0.4) is 0 Å². The Hall–Kier alpha value is -6.69. The Balaban J connectivity index is 4.41. The van der Waals surface area contributed by atoms with Crippen LogP contribution in [-0.4, -0.2) is 234 Å². The van der Waals surface area contributed by atoms with Crippen molar-refractivity contribution in [3.63, 3.8) is 0 Å². The molecule has 11 amide bonds. The van der Waals surface area contributed by atoms with Gasteiger partial charge in [-0.1, -0.05) is 96.9 Å². The van der Waals surface area contributed by atoms with Crippen molar-refractivity contribution in [3.05, 3.63) is 0 Å². The average molecular weight is 1230 g/mol. The molecule has 87 heavy (non-hydrogen) atoms. The summed E-state index contributed by atoms with van der Waals surface area (Å²) in [6.45, 7) is 28.0. The summed E-state index contributed by atoms with van der Waals surface area (Å²) in [7, 11) is 9.66. The monoisotopic (exact) mass is 1230 g/mol. The highest BCUT2D eigenvalue weighted by Gasteiger charge is 2.47. The van der Waals surface area contributed by atoms with Crippen LogP contribution in [0.1, 0.15) is 156 Å². The number of hydrogen-bond acceptors (Lipinski definition) is 14. The third-order valence-electron chi connectivity index (χ3n) is 16.1. The first kappa shape index (κ1) is 78.3. The summed E-state index contributed by atoms with van der Waals surface area (Å²) >= 11 is 0. The SMILES string of the molecule is CC[C@@H]1NC(=O)[C@H]([C@H](OC(C)=O)[C@H](C)CC=O)N(C)C(=O)[C@H](C(C)C)N(C)C(=O)[C@H](CC(C)C)N(C)C(=O)[C@H](CC(C)C)N(C)C(=O)[C@@H](C)NC(=O)[C@H](C)NC(=O)[C@H](CC(C)C)N(C)C(=O)[C@H](C(C)C)NC(=O)[C@H](CC(C)C)N(C)C(=O)CN(C)C1=O. The molecule has 0 radical (unpaired) electrons. The Morgan fingerprint density at radius 2 is 0.897 bits per heavy atom. The smallest absolute Gasteiger partial charge is 0.303 e. The van der Waals surface area contributed by atoms with E-state index >= 15 is 14.4 Å². The number of likely N-dealkylation sites (N-methyl/N-ethyl adjacent to an activating group) is 7. The Labute approximate surface area is 518 Å². The summed E-state index contributed by atoms with van der Waals surface area (Å²) in [6.07, 6.45) is -0.709. The van der Waals surface area contributed by atoms with Gasteiger partial charge >= 0.3 is 5.97 Å². The van der Waals surface area contributed by atoms with Gasteiger partial charge in [-0.2, -0.15) is 0 Å². The summed E-state index contributed by atoms with van der Waals surface area (Å²) < 4.78 is 5.76. The lowest BCUT2D eigenvalue weighted by molar-refractivity contribution is -0.164. The number of esters is 1. The number of amides is 11. The van der Waals surface area contributed by atoms with Crippen LogP contribution in [0.4, 0.5) is 0 Å². The van der Waals surface area contributed by atoms with E-state index in [1.165, 1.54) is 87.7 Å². The maximum Gasteiger partial charge on any atom is 0.303 e. The van der Waals surface area contributed by atoms with Gasteiger partial charge in [-0.05, 0) is 81.5 Å². The molecule has 0 spiro atoms. The zero-order chi connectivity index (χ0) is 67.6. The molecule has 12 atom stereocenters. The van der Waals surface area contributed by atoms with E-state index in [1.807, 2.05) is 55.4 Å². The standard InChI is InChI=1S/C62H109N11O14/c1-25-43-58(82)67(18)32-48(76)68(19)44(28-33(2)3)55(79)66-49(37(10)11)61(85)69(20)45(29-34(4)5)54(78)63-40(15)53(77)64-41(16)57(81)70(21)46(30-35(6)7)59(83)71(22)47(31-36(8)9)60(84)72(23)50(38(12)13)62(86)73(24)51(56(80)65-43)52(87-42(17)75)39(14)26-27-74/h27,33-41,43-47,49-52H,25-26,28-32H2,1-24H3,(H,63,78)(H,64,77)(H,65,80)(H,66,79)/t39-,40+,41-,43+,44+,45+,46+,47+,49+,50+,51+,52-/m1/s1. The molecule has 1 aliphatic rings. The maximum absolute atomic E-state index is 15.3. The molecule has 0 aromatic rings. The van der Waals surface area contributed by atoms with Crippen LogP contribution in [0, 0.1) is 41.4 Å². The summed E-state index contributed by atoms with van der Waals surface area (Å²) in [4.78, 5) is 194.